The number of benzene rings is 1. The molecule has 3 nitrogen and oxygen atoms in total. The SMILES string of the molecule is NCC(O)c1ccc(F)c(N)c1. The number of hydrogen-bond acceptors (Lipinski definition) is 3. The molecule has 0 saturated carbocycles. The van der Waals surface area contributed by atoms with Crippen LogP contribution >= 0.6 is 0 Å². The van der Waals surface area contributed by atoms with Crippen molar-refractivity contribution in [3.8, 4) is 0 Å². The van der Waals surface area contributed by atoms with Gasteiger partial charge in [0.2, 0.25) is 0 Å². The van der Waals surface area contributed by atoms with Gasteiger partial charge in [-0.2, -0.15) is 0 Å². The molecular weight excluding hydrogens is 159 g/mol. The molecule has 0 amide bonds. The van der Waals surface area contributed by atoms with Crippen molar-refractivity contribution in [3.63, 3.8) is 0 Å². The Hall–Kier alpha value is -1.13. The summed E-state index contributed by atoms with van der Waals surface area (Å²) in [6.45, 7) is 0.102. The summed E-state index contributed by atoms with van der Waals surface area (Å²) in [6.07, 6.45) is -0.770. The number of aliphatic hydroxyl groups excluding tert-OH is 1. The van der Waals surface area contributed by atoms with E-state index in [1.807, 2.05) is 0 Å². The number of aliphatic hydroxyl groups is 1. The number of rotatable bonds is 2. The molecule has 1 unspecified atom stereocenters. The zero-order valence-corrected chi connectivity index (χ0v) is 6.50. The largest absolute Gasteiger partial charge is 0.396 e. The monoisotopic (exact) mass is 170 g/mol. The van der Waals surface area contributed by atoms with Gasteiger partial charge in [-0.1, -0.05) is 6.07 Å². The van der Waals surface area contributed by atoms with Crippen molar-refractivity contribution in [3.05, 3.63) is 29.6 Å². The van der Waals surface area contributed by atoms with Crippen molar-refractivity contribution >= 4 is 5.69 Å². The van der Waals surface area contributed by atoms with Gasteiger partial charge in [0.15, 0.2) is 0 Å². The molecule has 0 saturated heterocycles. The quantitative estimate of drug-likeness (QED) is 0.562. The third-order valence-electron chi connectivity index (χ3n) is 1.63. The molecule has 0 radical (unpaired) electrons. The van der Waals surface area contributed by atoms with Gasteiger partial charge in [-0.05, 0) is 17.7 Å². The molecule has 0 bridgehead atoms. The lowest BCUT2D eigenvalue weighted by Crippen LogP contribution is -2.11. The fourth-order valence-corrected chi connectivity index (χ4v) is 0.906. The zero-order chi connectivity index (χ0) is 9.14. The molecule has 1 rings (SSSR count). The van der Waals surface area contributed by atoms with Crippen LogP contribution in [0.15, 0.2) is 18.2 Å². The normalized spacial score (nSPS) is 12.9. The molecule has 1 aromatic carbocycles. The van der Waals surface area contributed by atoms with Gasteiger partial charge in [0.1, 0.15) is 5.82 Å². The molecule has 12 heavy (non-hydrogen) atoms. The Morgan fingerprint density at radius 3 is 2.67 bits per heavy atom. The van der Waals surface area contributed by atoms with Crippen LogP contribution in [0.4, 0.5) is 10.1 Å². The molecular formula is C8H11FN2O. The Kier molecular flexibility index (Phi) is 2.62. The van der Waals surface area contributed by atoms with Gasteiger partial charge in [-0.3, -0.25) is 0 Å². The highest BCUT2D eigenvalue weighted by Crippen LogP contribution is 2.17. The Labute approximate surface area is 69.8 Å². The maximum Gasteiger partial charge on any atom is 0.146 e. The molecule has 0 aromatic heterocycles. The maximum absolute atomic E-state index is 12.6. The highest BCUT2D eigenvalue weighted by molar-refractivity contribution is 5.43. The minimum atomic E-state index is -0.770. The number of nitrogen functional groups attached to an aromatic ring is 1. The summed E-state index contributed by atoms with van der Waals surface area (Å²) in [4.78, 5) is 0. The first-order chi connectivity index (χ1) is 5.65. The third kappa shape index (κ3) is 1.72. The fraction of sp³-hybridized carbons (Fsp3) is 0.250. The maximum atomic E-state index is 12.6. The molecule has 0 aliphatic carbocycles. The minimum Gasteiger partial charge on any atom is -0.396 e. The van der Waals surface area contributed by atoms with E-state index < -0.39 is 11.9 Å². The van der Waals surface area contributed by atoms with E-state index in [0.717, 1.165) is 0 Å². The molecule has 0 spiro atoms. The van der Waals surface area contributed by atoms with Crippen LogP contribution in [-0.4, -0.2) is 11.7 Å². The van der Waals surface area contributed by atoms with Crippen molar-refractivity contribution in [2.45, 2.75) is 6.10 Å². The van der Waals surface area contributed by atoms with E-state index in [1.165, 1.54) is 18.2 Å². The van der Waals surface area contributed by atoms with Gasteiger partial charge in [-0.15, -0.1) is 0 Å². The van der Waals surface area contributed by atoms with Crippen molar-refractivity contribution in [1.29, 1.82) is 0 Å². The number of nitrogens with two attached hydrogens (primary N) is 2. The van der Waals surface area contributed by atoms with Crippen molar-refractivity contribution in [2.75, 3.05) is 12.3 Å². The van der Waals surface area contributed by atoms with Crippen LogP contribution in [0.3, 0.4) is 0 Å². The second kappa shape index (κ2) is 3.51. The second-order valence-electron chi connectivity index (χ2n) is 2.53. The molecule has 1 aromatic rings. The van der Waals surface area contributed by atoms with Gasteiger partial charge in [0, 0.05) is 6.54 Å². The average Bonchev–Trinajstić information content (AvgIpc) is 2.08. The van der Waals surface area contributed by atoms with Gasteiger partial charge in [-0.25, -0.2) is 4.39 Å². The van der Waals surface area contributed by atoms with E-state index in [-0.39, 0.29) is 12.2 Å². The van der Waals surface area contributed by atoms with Gasteiger partial charge in [0.25, 0.3) is 0 Å². The van der Waals surface area contributed by atoms with Crippen LogP contribution in [0.5, 0.6) is 0 Å². The lowest BCUT2D eigenvalue weighted by molar-refractivity contribution is 0.186. The highest BCUT2D eigenvalue weighted by Gasteiger charge is 2.06. The third-order valence-corrected chi connectivity index (χ3v) is 1.63. The van der Waals surface area contributed by atoms with Crippen LogP contribution in [0.1, 0.15) is 11.7 Å². The Morgan fingerprint density at radius 2 is 2.17 bits per heavy atom. The van der Waals surface area contributed by atoms with Crippen LogP contribution in [0.25, 0.3) is 0 Å². The predicted molar refractivity (Wildman–Crippen MR) is 44.8 cm³/mol. The summed E-state index contributed by atoms with van der Waals surface area (Å²) >= 11 is 0. The number of hydrogen-bond donors (Lipinski definition) is 3. The Bertz CT molecular complexity index is 278. The van der Waals surface area contributed by atoms with Crippen LogP contribution in [0.2, 0.25) is 0 Å². The molecule has 4 heteroatoms. The molecule has 1 atom stereocenters. The van der Waals surface area contributed by atoms with Crippen LogP contribution < -0.4 is 11.5 Å². The topological polar surface area (TPSA) is 72.3 Å². The van der Waals surface area contributed by atoms with Crippen molar-refractivity contribution in [1.82, 2.24) is 0 Å². The van der Waals surface area contributed by atoms with Crippen LogP contribution in [0, 0.1) is 5.82 Å². The van der Waals surface area contributed by atoms with E-state index in [1.54, 1.807) is 0 Å². The lowest BCUT2D eigenvalue weighted by Gasteiger charge is -2.08. The Morgan fingerprint density at radius 1 is 1.50 bits per heavy atom. The number of halogens is 1. The minimum absolute atomic E-state index is 0.0278. The molecule has 0 fully saturated rings. The summed E-state index contributed by atoms with van der Waals surface area (Å²) < 4.78 is 12.6. The summed E-state index contributed by atoms with van der Waals surface area (Å²) in [5, 5.41) is 9.24. The summed E-state index contributed by atoms with van der Waals surface area (Å²) in [7, 11) is 0. The van der Waals surface area contributed by atoms with Gasteiger partial charge in [0.05, 0.1) is 11.8 Å². The zero-order valence-electron chi connectivity index (χ0n) is 6.50. The first kappa shape index (κ1) is 8.96. The van der Waals surface area contributed by atoms with Gasteiger partial charge >= 0.3 is 0 Å². The van der Waals surface area contributed by atoms with Crippen molar-refractivity contribution in [2.24, 2.45) is 5.73 Å². The van der Waals surface area contributed by atoms with E-state index in [9.17, 15) is 9.50 Å². The van der Waals surface area contributed by atoms with Crippen molar-refractivity contribution < 1.29 is 9.50 Å². The molecule has 66 valence electrons. The predicted octanol–water partition coefficient (Wildman–Crippen LogP) is 0.400. The first-order valence-electron chi connectivity index (χ1n) is 3.58. The van der Waals surface area contributed by atoms with Crippen LogP contribution in [-0.2, 0) is 0 Å². The molecule has 5 N–H and O–H groups in total. The Balaban J connectivity index is 2.96. The molecule has 0 aliphatic heterocycles. The smallest absolute Gasteiger partial charge is 0.146 e. The summed E-state index contributed by atoms with van der Waals surface area (Å²) in [5.41, 5.74) is 11.1. The summed E-state index contributed by atoms with van der Waals surface area (Å²) in [5.74, 6) is -0.483. The average molecular weight is 170 g/mol. The van der Waals surface area contributed by atoms with E-state index in [2.05, 4.69) is 0 Å². The number of anilines is 1. The highest BCUT2D eigenvalue weighted by atomic mass is 19.1. The van der Waals surface area contributed by atoms with Gasteiger partial charge < -0.3 is 16.6 Å². The fourth-order valence-electron chi connectivity index (χ4n) is 0.906. The second-order valence-corrected chi connectivity index (χ2v) is 2.53. The summed E-state index contributed by atoms with van der Waals surface area (Å²) in [6, 6.07) is 4.06. The first-order valence-corrected chi connectivity index (χ1v) is 3.58. The molecule has 0 aliphatic rings. The standard InChI is InChI=1S/C8H11FN2O/c9-6-2-1-5(3-7(6)11)8(12)4-10/h1-3,8,12H,4,10-11H2. The van der Waals surface area contributed by atoms with E-state index in [0.29, 0.717) is 5.56 Å². The van der Waals surface area contributed by atoms with E-state index >= 15 is 0 Å². The lowest BCUT2D eigenvalue weighted by atomic mass is 10.1. The molecule has 0 heterocycles. The van der Waals surface area contributed by atoms with E-state index in [4.69, 9.17) is 11.5 Å².